The van der Waals surface area contributed by atoms with Gasteiger partial charge in [-0.3, -0.25) is 4.79 Å². The van der Waals surface area contributed by atoms with Crippen LogP contribution in [0.25, 0.3) is 0 Å². The second-order valence-electron chi connectivity index (χ2n) is 5.05. The topological polar surface area (TPSA) is 108 Å². The van der Waals surface area contributed by atoms with Gasteiger partial charge in [-0.1, -0.05) is 5.16 Å². The van der Waals surface area contributed by atoms with Crippen LogP contribution in [0.4, 0.5) is 4.79 Å². The lowest BCUT2D eigenvalue weighted by atomic mass is 10.0. The molecule has 1 heterocycles. The van der Waals surface area contributed by atoms with Crippen LogP contribution in [0.5, 0.6) is 0 Å². The van der Waals surface area contributed by atoms with Crippen LogP contribution in [0.15, 0.2) is 5.16 Å². The van der Waals surface area contributed by atoms with Gasteiger partial charge < -0.3 is 25.5 Å². The van der Waals surface area contributed by atoms with Gasteiger partial charge in [-0.25, -0.2) is 4.79 Å². The number of oxime groups is 1. The van der Waals surface area contributed by atoms with E-state index in [9.17, 15) is 9.59 Å². The molecule has 0 bridgehead atoms. The number of carbonyl (C=O) groups is 2. The molecule has 2 amide bonds. The number of rotatable bonds is 3. The quantitative estimate of drug-likeness (QED) is 0.323. The molecule has 112 valence electrons. The van der Waals surface area contributed by atoms with E-state index >= 15 is 0 Å². The number of amidine groups is 1. The van der Waals surface area contributed by atoms with Crippen LogP contribution in [0.3, 0.4) is 0 Å². The molecule has 1 aliphatic heterocycles. The highest BCUT2D eigenvalue weighted by atomic mass is 16.6. The van der Waals surface area contributed by atoms with Crippen LogP contribution >= 0.6 is 0 Å². The zero-order valence-electron chi connectivity index (χ0n) is 11.5. The standard InChI is InChI=1S/C12H20N4O4/c1-2-20-11(18)16-7-5-15(6-8-16)10(17)12(3-4-12)9(13)14-19/h19H,2-8H2,1H3,(H2,13,14). The monoisotopic (exact) mass is 284 g/mol. The first-order valence-corrected chi connectivity index (χ1v) is 6.74. The number of nitrogens with two attached hydrogens (primary N) is 1. The average molecular weight is 284 g/mol. The lowest BCUT2D eigenvalue weighted by Gasteiger charge is -2.35. The first kappa shape index (κ1) is 14.4. The van der Waals surface area contributed by atoms with Crippen molar-refractivity contribution >= 4 is 17.8 Å². The van der Waals surface area contributed by atoms with Gasteiger partial charge in [-0.15, -0.1) is 0 Å². The molecule has 8 heteroatoms. The van der Waals surface area contributed by atoms with Gasteiger partial charge in [0, 0.05) is 26.2 Å². The largest absolute Gasteiger partial charge is 0.450 e. The summed E-state index contributed by atoms with van der Waals surface area (Å²) in [6.07, 6.45) is 0.872. The van der Waals surface area contributed by atoms with E-state index in [0.29, 0.717) is 45.6 Å². The summed E-state index contributed by atoms with van der Waals surface area (Å²) >= 11 is 0. The molecule has 1 saturated heterocycles. The fraction of sp³-hybridized carbons (Fsp3) is 0.750. The zero-order chi connectivity index (χ0) is 14.8. The van der Waals surface area contributed by atoms with Crippen molar-refractivity contribution < 1.29 is 19.5 Å². The summed E-state index contributed by atoms with van der Waals surface area (Å²) in [5.41, 5.74) is 4.79. The van der Waals surface area contributed by atoms with Gasteiger partial charge in [-0.05, 0) is 19.8 Å². The Morgan fingerprint density at radius 2 is 1.80 bits per heavy atom. The minimum atomic E-state index is -0.819. The highest BCUT2D eigenvalue weighted by molar-refractivity contribution is 6.09. The van der Waals surface area contributed by atoms with Crippen molar-refractivity contribution in [2.75, 3.05) is 32.8 Å². The van der Waals surface area contributed by atoms with Gasteiger partial charge in [-0.2, -0.15) is 0 Å². The van der Waals surface area contributed by atoms with Crippen LogP contribution in [0, 0.1) is 5.41 Å². The Bertz CT molecular complexity index is 425. The highest BCUT2D eigenvalue weighted by Gasteiger charge is 2.56. The molecule has 0 radical (unpaired) electrons. The molecule has 0 aromatic rings. The van der Waals surface area contributed by atoms with Crippen molar-refractivity contribution in [3.05, 3.63) is 0 Å². The molecule has 2 aliphatic rings. The van der Waals surface area contributed by atoms with E-state index in [1.165, 1.54) is 0 Å². The summed E-state index contributed by atoms with van der Waals surface area (Å²) in [6, 6.07) is 0. The molecule has 0 unspecified atom stereocenters. The Morgan fingerprint density at radius 1 is 1.25 bits per heavy atom. The minimum Gasteiger partial charge on any atom is -0.450 e. The molecular weight excluding hydrogens is 264 g/mol. The van der Waals surface area contributed by atoms with E-state index in [-0.39, 0.29) is 17.8 Å². The van der Waals surface area contributed by atoms with Crippen molar-refractivity contribution in [3.8, 4) is 0 Å². The molecule has 1 aliphatic carbocycles. The summed E-state index contributed by atoms with van der Waals surface area (Å²) in [5, 5.41) is 11.7. The van der Waals surface area contributed by atoms with Crippen LogP contribution < -0.4 is 5.73 Å². The highest BCUT2D eigenvalue weighted by Crippen LogP contribution is 2.47. The van der Waals surface area contributed by atoms with Crippen molar-refractivity contribution in [1.29, 1.82) is 0 Å². The SMILES string of the molecule is CCOC(=O)N1CCN(C(=O)C2(C(N)=NO)CC2)CC1. The van der Waals surface area contributed by atoms with E-state index in [2.05, 4.69) is 5.16 Å². The normalized spacial score (nSPS) is 21.6. The van der Waals surface area contributed by atoms with Gasteiger partial charge >= 0.3 is 6.09 Å². The van der Waals surface area contributed by atoms with Gasteiger partial charge in [0.1, 0.15) is 5.41 Å². The second kappa shape index (κ2) is 5.56. The molecule has 0 aromatic carbocycles. The maximum absolute atomic E-state index is 12.4. The number of ether oxygens (including phenoxy) is 1. The van der Waals surface area contributed by atoms with Gasteiger partial charge in [0.25, 0.3) is 0 Å². The molecule has 1 saturated carbocycles. The van der Waals surface area contributed by atoms with E-state index in [1.54, 1.807) is 16.7 Å². The molecule has 20 heavy (non-hydrogen) atoms. The summed E-state index contributed by atoms with van der Waals surface area (Å²) in [7, 11) is 0. The fourth-order valence-electron chi connectivity index (χ4n) is 2.41. The lowest BCUT2D eigenvalue weighted by Crippen LogP contribution is -2.54. The second-order valence-corrected chi connectivity index (χ2v) is 5.05. The summed E-state index contributed by atoms with van der Waals surface area (Å²) < 4.78 is 4.92. The van der Waals surface area contributed by atoms with Gasteiger partial charge in [0.2, 0.25) is 5.91 Å². The number of hydrogen-bond acceptors (Lipinski definition) is 5. The predicted molar refractivity (Wildman–Crippen MR) is 70.3 cm³/mol. The van der Waals surface area contributed by atoms with Crippen molar-refractivity contribution in [1.82, 2.24) is 9.80 Å². The number of amides is 2. The maximum Gasteiger partial charge on any atom is 0.409 e. The Balaban J connectivity index is 1.91. The van der Waals surface area contributed by atoms with Crippen molar-refractivity contribution in [3.63, 3.8) is 0 Å². The first-order chi connectivity index (χ1) is 9.55. The third-order valence-electron chi connectivity index (χ3n) is 3.85. The molecule has 2 fully saturated rings. The smallest absolute Gasteiger partial charge is 0.409 e. The van der Waals surface area contributed by atoms with E-state index in [4.69, 9.17) is 15.7 Å². The summed E-state index contributed by atoms with van der Waals surface area (Å²) in [6.45, 7) is 3.86. The molecular formula is C12H20N4O4. The minimum absolute atomic E-state index is 0.0182. The van der Waals surface area contributed by atoms with E-state index < -0.39 is 5.41 Å². The summed E-state index contributed by atoms with van der Waals surface area (Å²) in [5.74, 6) is -0.133. The Kier molecular flexibility index (Phi) is 4.01. The third kappa shape index (κ3) is 2.50. The number of nitrogens with zero attached hydrogens (tertiary/aromatic N) is 3. The molecule has 3 N–H and O–H groups in total. The number of carbonyl (C=O) groups excluding carboxylic acids is 2. The Morgan fingerprint density at radius 3 is 2.25 bits per heavy atom. The average Bonchev–Trinajstić information content (AvgIpc) is 3.28. The lowest BCUT2D eigenvalue weighted by molar-refractivity contribution is -0.136. The van der Waals surface area contributed by atoms with Crippen LogP contribution in [-0.2, 0) is 9.53 Å². The molecule has 0 spiro atoms. The van der Waals surface area contributed by atoms with E-state index in [0.717, 1.165) is 0 Å². The molecule has 0 atom stereocenters. The molecule has 2 rings (SSSR count). The van der Waals surface area contributed by atoms with Crippen LogP contribution in [0.1, 0.15) is 19.8 Å². The Hall–Kier alpha value is -1.99. The van der Waals surface area contributed by atoms with Gasteiger partial charge in [0.05, 0.1) is 6.61 Å². The summed E-state index contributed by atoms with van der Waals surface area (Å²) in [4.78, 5) is 27.2. The zero-order valence-corrected chi connectivity index (χ0v) is 11.5. The molecule has 0 aromatic heterocycles. The van der Waals surface area contributed by atoms with Crippen LogP contribution in [-0.4, -0.2) is 65.6 Å². The Labute approximate surface area is 117 Å². The fourth-order valence-corrected chi connectivity index (χ4v) is 2.41. The third-order valence-corrected chi connectivity index (χ3v) is 3.85. The first-order valence-electron chi connectivity index (χ1n) is 6.74. The van der Waals surface area contributed by atoms with E-state index in [1.807, 2.05) is 0 Å². The molecule has 8 nitrogen and oxygen atoms in total. The van der Waals surface area contributed by atoms with Crippen molar-refractivity contribution in [2.24, 2.45) is 16.3 Å². The predicted octanol–water partition coefficient (Wildman–Crippen LogP) is -0.186. The number of hydrogen-bond donors (Lipinski definition) is 2. The van der Waals surface area contributed by atoms with Crippen LogP contribution in [0.2, 0.25) is 0 Å². The van der Waals surface area contributed by atoms with Crippen molar-refractivity contribution in [2.45, 2.75) is 19.8 Å². The van der Waals surface area contributed by atoms with Gasteiger partial charge in [0.15, 0.2) is 5.84 Å². The maximum atomic E-state index is 12.4. The number of piperazine rings is 1.